The van der Waals surface area contributed by atoms with Crippen LogP contribution < -0.4 is 0 Å². The molecule has 4 rings (SSSR count). The average molecular weight is 369 g/mol. The van der Waals surface area contributed by atoms with E-state index in [1.54, 1.807) is 29.7 Å². The van der Waals surface area contributed by atoms with Crippen LogP contribution in [0.25, 0.3) is 11.1 Å². The number of thiazole rings is 1. The summed E-state index contributed by atoms with van der Waals surface area (Å²) in [7, 11) is 0. The number of morpholine rings is 1. The summed E-state index contributed by atoms with van der Waals surface area (Å²) in [6.07, 6.45) is 3.61. The monoisotopic (exact) mass is 369 g/mol. The van der Waals surface area contributed by atoms with E-state index in [1.165, 1.54) is 10.9 Å². The minimum absolute atomic E-state index is 0.0626. The minimum Gasteiger partial charge on any atom is -0.369 e. The van der Waals surface area contributed by atoms with Crippen LogP contribution in [0.2, 0.25) is 0 Å². The van der Waals surface area contributed by atoms with Gasteiger partial charge in [0, 0.05) is 48.0 Å². The Morgan fingerprint density at radius 3 is 2.81 bits per heavy atom. The summed E-state index contributed by atoms with van der Waals surface area (Å²) in [6.45, 7) is 5.29. The lowest BCUT2D eigenvalue weighted by Crippen LogP contribution is -2.37. The number of ether oxygens (including phenoxy) is 1. The lowest BCUT2D eigenvalue weighted by atomic mass is 10.1. The van der Waals surface area contributed by atoms with Crippen molar-refractivity contribution in [2.45, 2.75) is 19.6 Å². The van der Waals surface area contributed by atoms with Gasteiger partial charge in [0.2, 0.25) is 0 Å². The van der Waals surface area contributed by atoms with Crippen LogP contribution in [0.5, 0.6) is 0 Å². The second-order valence-corrected chi connectivity index (χ2v) is 7.71. The molecule has 0 aliphatic carbocycles. The standard InChI is InChI=1S/C20H20FN3OS/c1-14-22-11-16(26-14)12-24-8-9-25-20(13-24)19-7-6-15(10-23-19)17-4-2-3-5-18(17)21/h2-7,10-11,20H,8-9,12-13H2,1H3/t20-/m0/s1. The zero-order valence-electron chi connectivity index (χ0n) is 14.6. The van der Waals surface area contributed by atoms with E-state index < -0.39 is 0 Å². The molecule has 0 N–H and O–H groups in total. The molecule has 26 heavy (non-hydrogen) atoms. The molecule has 1 saturated heterocycles. The third kappa shape index (κ3) is 3.82. The fraction of sp³-hybridized carbons (Fsp3) is 0.300. The van der Waals surface area contributed by atoms with Gasteiger partial charge in [-0.15, -0.1) is 11.3 Å². The van der Waals surface area contributed by atoms with E-state index >= 15 is 0 Å². The average Bonchev–Trinajstić information content (AvgIpc) is 3.07. The van der Waals surface area contributed by atoms with Crippen LogP contribution in [-0.4, -0.2) is 34.6 Å². The molecule has 1 aromatic carbocycles. The number of benzene rings is 1. The number of hydrogen-bond acceptors (Lipinski definition) is 5. The smallest absolute Gasteiger partial charge is 0.131 e. The summed E-state index contributed by atoms with van der Waals surface area (Å²) < 4.78 is 19.8. The molecular weight excluding hydrogens is 349 g/mol. The van der Waals surface area contributed by atoms with E-state index in [1.807, 2.05) is 31.3 Å². The van der Waals surface area contributed by atoms with Gasteiger partial charge in [-0.2, -0.15) is 0 Å². The quantitative estimate of drug-likeness (QED) is 0.690. The molecule has 0 unspecified atom stereocenters. The van der Waals surface area contributed by atoms with Crippen LogP contribution in [0.15, 0.2) is 48.8 Å². The third-order valence-electron chi connectivity index (χ3n) is 4.50. The zero-order chi connectivity index (χ0) is 17.9. The maximum Gasteiger partial charge on any atom is 0.131 e. The fourth-order valence-electron chi connectivity index (χ4n) is 3.17. The molecule has 0 amide bonds. The normalized spacial score (nSPS) is 18.2. The summed E-state index contributed by atoms with van der Waals surface area (Å²) in [5, 5.41) is 1.09. The second kappa shape index (κ2) is 7.61. The van der Waals surface area contributed by atoms with Gasteiger partial charge in [-0.3, -0.25) is 9.88 Å². The molecule has 1 fully saturated rings. The number of aryl methyl sites for hydroxylation is 1. The van der Waals surface area contributed by atoms with Gasteiger partial charge in [0.1, 0.15) is 11.9 Å². The van der Waals surface area contributed by atoms with Gasteiger partial charge in [0.05, 0.1) is 17.3 Å². The van der Waals surface area contributed by atoms with E-state index in [2.05, 4.69) is 14.9 Å². The summed E-state index contributed by atoms with van der Waals surface area (Å²) in [4.78, 5) is 12.5. The number of halogens is 1. The Kier molecular flexibility index (Phi) is 5.06. The van der Waals surface area contributed by atoms with E-state index in [0.29, 0.717) is 12.2 Å². The largest absolute Gasteiger partial charge is 0.369 e. The number of rotatable bonds is 4. The van der Waals surface area contributed by atoms with Crippen LogP contribution in [0.3, 0.4) is 0 Å². The van der Waals surface area contributed by atoms with Gasteiger partial charge in [-0.05, 0) is 19.1 Å². The lowest BCUT2D eigenvalue weighted by molar-refractivity contribution is -0.0346. The first-order valence-corrected chi connectivity index (χ1v) is 9.47. The highest BCUT2D eigenvalue weighted by Gasteiger charge is 2.23. The first-order valence-electron chi connectivity index (χ1n) is 8.65. The number of pyridine rings is 1. The van der Waals surface area contributed by atoms with Gasteiger partial charge in [0.15, 0.2) is 0 Å². The maximum absolute atomic E-state index is 13.9. The molecule has 0 radical (unpaired) electrons. The molecule has 3 heterocycles. The van der Waals surface area contributed by atoms with Crippen LogP contribution in [0.1, 0.15) is 21.7 Å². The van der Waals surface area contributed by atoms with Gasteiger partial charge >= 0.3 is 0 Å². The number of aromatic nitrogens is 2. The van der Waals surface area contributed by atoms with Crippen molar-refractivity contribution in [3.8, 4) is 11.1 Å². The summed E-state index contributed by atoms with van der Waals surface area (Å²) in [5.74, 6) is -0.234. The van der Waals surface area contributed by atoms with Crippen molar-refractivity contribution in [3.05, 3.63) is 70.2 Å². The van der Waals surface area contributed by atoms with Crippen molar-refractivity contribution in [1.82, 2.24) is 14.9 Å². The molecule has 0 saturated carbocycles. The Balaban J connectivity index is 1.46. The summed E-state index contributed by atoms with van der Waals surface area (Å²) in [5.41, 5.74) is 2.23. The van der Waals surface area contributed by atoms with Crippen molar-refractivity contribution in [2.75, 3.05) is 19.7 Å². The fourth-order valence-corrected chi connectivity index (χ4v) is 4.01. The SMILES string of the molecule is Cc1ncc(CN2CCO[C@H](c3ccc(-c4ccccc4F)cn3)C2)s1. The molecule has 0 bridgehead atoms. The zero-order valence-corrected chi connectivity index (χ0v) is 15.4. The van der Waals surface area contributed by atoms with Gasteiger partial charge in [-0.1, -0.05) is 24.3 Å². The molecule has 2 aromatic heterocycles. The molecule has 134 valence electrons. The maximum atomic E-state index is 13.9. The van der Waals surface area contributed by atoms with E-state index in [0.717, 1.165) is 35.9 Å². The Bertz CT molecular complexity index is 881. The molecular formula is C20H20FN3OS. The Morgan fingerprint density at radius 2 is 2.08 bits per heavy atom. The number of hydrogen-bond donors (Lipinski definition) is 0. The predicted molar refractivity (Wildman–Crippen MR) is 100 cm³/mol. The Hall–Kier alpha value is -2.15. The van der Waals surface area contributed by atoms with Crippen molar-refractivity contribution in [3.63, 3.8) is 0 Å². The summed E-state index contributed by atoms with van der Waals surface area (Å²) >= 11 is 1.73. The van der Waals surface area contributed by atoms with Gasteiger partial charge in [0.25, 0.3) is 0 Å². The molecule has 6 heteroatoms. The molecule has 1 aliphatic heterocycles. The van der Waals surface area contributed by atoms with Crippen LogP contribution in [-0.2, 0) is 11.3 Å². The van der Waals surface area contributed by atoms with Crippen LogP contribution in [0.4, 0.5) is 4.39 Å². The van der Waals surface area contributed by atoms with Crippen molar-refractivity contribution < 1.29 is 9.13 Å². The highest BCUT2D eigenvalue weighted by Crippen LogP contribution is 2.26. The lowest BCUT2D eigenvalue weighted by Gasteiger charge is -2.32. The topological polar surface area (TPSA) is 38.2 Å². The van der Waals surface area contributed by atoms with Crippen molar-refractivity contribution in [1.29, 1.82) is 0 Å². The molecule has 3 aromatic rings. The third-order valence-corrected chi connectivity index (χ3v) is 5.40. The summed E-state index contributed by atoms with van der Waals surface area (Å²) in [6, 6.07) is 10.6. The van der Waals surface area contributed by atoms with Crippen LogP contribution >= 0.6 is 11.3 Å². The van der Waals surface area contributed by atoms with E-state index in [-0.39, 0.29) is 11.9 Å². The predicted octanol–water partition coefficient (Wildman–Crippen LogP) is 4.23. The molecule has 4 nitrogen and oxygen atoms in total. The van der Waals surface area contributed by atoms with Crippen molar-refractivity contribution >= 4 is 11.3 Å². The molecule has 0 spiro atoms. The van der Waals surface area contributed by atoms with Crippen LogP contribution in [0, 0.1) is 12.7 Å². The van der Waals surface area contributed by atoms with Gasteiger partial charge in [-0.25, -0.2) is 9.37 Å². The Labute approximate surface area is 156 Å². The minimum atomic E-state index is -0.234. The highest BCUT2D eigenvalue weighted by atomic mass is 32.1. The highest BCUT2D eigenvalue weighted by molar-refractivity contribution is 7.11. The first kappa shape index (κ1) is 17.3. The van der Waals surface area contributed by atoms with Crippen molar-refractivity contribution in [2.24, 2.45) is 0 Å². The van der Waals surface area contributed by atoms with E-state index in [9.17, 15) is 4.39 Å². The first-order chi connectivity index (χ1) is 12.7. The molecule has 1 aliphatic rings. The van der Waals surface area contributed by atoms with E-state index in [4.69, 9.17) is 4.74 Å². The molecule has 1 atom stereocenters. The second-order valence-electron chi connectivity index (χ2n) is 6.39. The Morgan fingerprint density at radius 1 is 1.19 bits per heavy atom. The number of nitrogens with zero attached hydrogens (tertiary/aromatic N) is 3. The van der Waals surface area contributed by atoms with Gasteiger partial charge < -0.3 is 4.74 Å².